The van der Waals surface area contributed by atoms with Crippen molar-refractivity contribution in [1.82, 2.24) is 19.6 Å². The van der Waals surface area contributed by atoms with E-state index in [1.807, 2.05) is 13.8 Å². The van der Waals surface area contributed by atoms with Crippen LogP contribution in [-0.4, -0.2) is 69.4 Å². The highest BCUT2D eigenvalue weighted by Gasteiger charge is 2.41. The normalized spacial score (nSPS) is 21.9. The second-order valence-corrected chi connectivity index (χ2v) is 11.9. The number of aromatic nitrogens is 2. The molecule has 2 aromatic carbocycles. The van der Waals surface area contributed by atoms with Crippen LogP contribution in [-0.2, 0) is 17.8 Å². The van der Waals surface area contributed by atoms with Crippen molar-refractivity contribution in [2.75, 3.05) is 32.7 Å². The number of piperidine rings is 1. The van der Waals surface area contributed by atoms with Crippen LogP contribution in [0.25, 0.3) is 0 Å². The van der Waals surface area contributed by atoms with E-state index in [0.29, 0.717) is 17.8 Å². The second-order valence-electron chi connectivity index (χ2n) is 11.9. The summed E-state index contributed by atoms with van der Waals surface area (Å²) in [6, 6.07) is 23.3. The fraction of sp³-hybridized carbons (Fsp3) is 0.515. The summed E-state index contributed by atoms with van der Waals surface area (Å²) in [7, 11) is 0. The summed E-state index contributed by atoms with van der Waals surface area (Å²) in [5.41, 5.74) is 5.19. The van der Waals surface area contributed by atoms with Gasteiger partial charge in [-0.1, -0.05) is 74.5 Å². The predicted molar refractivity (Wildman–Crippen MR) is 156 cm³/mol. The Bertz CT molecular complexity index is 1200. The average molecular weight is 529 g/mol. The third-order valence-electron chi connectivity index (χ3n) is 8.86. The molecule has 5 rings (SSSR count). The smallest absolute Gasteiger partial charge is 0.321 e. The molecule has 0 saturated carbocycles. The Kier molecular flexibility index (Phi) is 8.83. The Labute approximate surface area is 233 Å². The maximum atomic E-state index is 12.1. The number of carboxylic acid groups (broad SMARTS) is 1. The van der Waals surface area contributed by atoms with Crippen LogP contribution in [0.15, 0.2) is 66.7 Å². The number of hydrogen-bond acceptors (Lipinski definition) is 4. The van der Waals surface area contributed by atoms with E-state index < -0.39 is 12.0 Å². The van der Waals surface area contributed by atoms with Gasteiger partial charge in [0.05, 0.1) is 5.69 Å². The first-order chi connectivity index (χ1) is 18.9. The largest absolute Gasteiger partial charge is 0.480 e. The Balaban J connectivity index is 1.24. The zero-order valence-corrected chi connectivity index (χ0v) is 23.7. The first-order valence-corrected chi connectivity index (χ1v) is 14.8. The van der Waals surface area contributed by atoms with Crippen molar-refractivity contribution in [1.29, 1.82) is 0 Å². The number of nitrogens with zero attached hydrogens (tertiary/aromatic N) is 4. The molecule has 0 radical (unpaired) electrons. The highest BCUT2D eigenvalue weighted by atomic mass is 16.4. The van der Waals surface area contributed by atoms with E-state index in [1.165, 1.54) is 16.8 Å². The van der Waals surface area contributed by atoms with Gasteiger partial charge in [0.2, 0.25) is 0 Å². The van der Waals surface area contributed by atoms with Gasteiger partial charge in [-0.15, -0.1) is 0 Å². The summed E-state index contributed by atoms with van der Waals surface area (Å²) in [5, 5.41) is 14.9. The molecule has 0 aliphatic carbocycles. The molecular formula is C33H44N4O2. The lowest BCUT2D eigenvalue weighted by Gasteiger charge is -2.35. The van der Waals surface area contributed by atoms with E-state index in [2.05, 4.69) is 88.1 Å². The number of aliphatic carboxylic acids is 1. The number of rotatable bonds is 10. The van der Waals surface area contributed by atoms with Crippen molar-refractivity contribution < 1.29 is 9.90 Å². The van der Waals surface area contributed by atoms with Gasteiger partial charge < -0.3 is 10.0 Å². The Morgan fingerprint density at radius 3 is 2.28 bits per heavy atom. The van der Waals surface area contributed by atoms with E-state index in [1.54, 1.807) is 0 Å². The molecule has 3 aromatic rings. The number of carbonyl (C=O) groups is 1. The first-order valence-electron chi connectivity index (χ1n) is 14.8. The molecule has 39 heavy (non-hydrogen) atoms. The molecule has 3 atom stereocenters. The highest BCUT2D eigenvalue weighted by molar-refractivity contribution is 5.73. The molecule has 0 bridgehead atoms. The monoisotopic (exact) mass is 528 g/mol. The molecule has 1 aromatic heterocycles. The maximum Gasteiger partial charge on any atom is 0.321 e. The molecule has 2 saturated heterocycles. The molecule has 0 spiro atoms. The summed E-state index contributed by atoms with van der Waals surface area (Å²) in [5.74, 6) is 0.733. The topological polar surface area (TPSA) is 61.6 Å². The van der Waals surface area contributed by atoms with Gasteiger partial charge in [-0.2, -0.15) is 5.10 Å². The summed E-state index contributed by atoms with van der Waals surface area (Å²) < 4.78 is 2.22. The molecule has 3 heterocycles. The molecule has 6 heteroatoms. The molecule has 2 aliphatic rings. The molecule has 0 unspecified atom stereocenters. The number of aryl methyl sites for hydroxylation is 1. The number of hydrogen-bond donors (Lipinski definition) is 1. The van der Waals surface area contributed by atoms with Gasteiger partial charge in [0.1, 0.15) is 6.04 Å². The van der Waals surface area contributed by atoms with E-state index in [0.717, 1.165) is 64.2 Å². The van der Waals surface area contributed by atoms with Gasteiger partial charge in [-0.05, 0) is 61.9 Å². The molecule has 2 aliphatic heterocycles. The van der Waals surface area contributed by atoms with Crippen LogP contribution in [0.4, 0.5) is 0 Å². The van der Waals surface area contributed by atoms with Crippen LogP contribution in [0, 0.1) is 11.8 Å². The van der Waals surface area contributed by atoms with E-state index in [9.17, 15) is 9.90 Å². The van der Waals surface area contributed by atoms with Crippen LogP contribution in [0.2, 0.25) is 0 Å². The Morgan fingerprint density at radius 2 is 1.67 bits per heavy atom. The average Bonchev–Trinajstić information content (AvgIpc) is 3.54. The third kappa shape index (κ3) is 6.44. The lowest BCUT2D eigenvalue weighted by molar-refractivity contribution is -0.144. The lowest BCUT2D eigenvalue weighted by atomic mass is 9.87. The van der Waals surface area contributed by atoms with Gasteiger partial charge >= 0.3 is 5.97 Å². The van der Waals surface area contributed by atoms with Crippen LogP contribution < -0.4 is 0 Å². The second kappa shape index (κ2) is 12.5. The molecule has 2 fully saturated rings. The van der Waals surface area contributed by atoms with Crippen LogP contribution in [0.3, 0.4) is 0 Å². The van der Waals surface area contributed by atoms with Crippen molar-refractivity contribution in [2.45, 2.75) is 64.5 Å². The summed E-state index contributed by atoms with van der Waals surface area (Å²) >= 11 is 0. The van der Waals surface area contributed by atoms with Gasteiger partial charge in [0, 0.05) is 50.1 Å². The SMILES string of the molecule is CCn1nc(Cc2ccccc2)cc1C1CCN(C[C@H]2CN([C@@H](C(=O)O)C(C)C)C[C@@H]2c2ccccc2)CC1. The number of carboxylic acids is 1. The molecule has 1 N–H and O–H groups in total. The molecule has 6 nitrogen and oxygen atoms in total. The Hall–Kier alpha value is -2.96. The minimum atomic E-state index is -0.697. The van der Waals surface area contributed by atoms with Gasteiger partial charge in [-0.3, -0.25) is 14.4 Å². The lowest BCUT2D eigenvalue weighted by Crippen LogP contribution is -2.44. The van der Waals surface area contributed by atoms with Gasteiger partial charge in [0.15, 0.2) is 0 Å². The van der Waals surface area contributed by atoms with Crippen LogP contribution in [0.5, 0.6) is 0 Å². The van der Waals surface area contributed by atoms with Crippen LogP contribution in [0.1, 0.15) is 68.0 Å². The summed E-state index contributed by atoms with van der Waals surface area (Å²) in [4.78, 5) is 17.0. The zero-order valence-electron chi connectivity index (χ0n) is 23.7. The first kappa shape index (κ1) is 27.6. The molecule has 208 valence electrons. The minimum absolute atomic E-state index is 0.0867. The number of likely N-dealkylation sites (tertiary alicyclic amines) is 2. The van der Waals surface area contributed by atoms with Crippen molar-refractivity contribution in [3.8, 4) is 0 Å². The van der Waals surface area contributed by atoms with Gasteiger partial charge in [0.25, 0.3) is 0 Å². The summed E-state index contributed by atoms with van der Waals surface area (Å²) in [6.45, 7) is 12.0. The maximum absolute atomic E-state index is 12.1. The van der Waals surface area contributed by atoms with E-state index in [-0.39, 0.29) is 5.92 Å². The van der Waals surface area contributed by atoms with E-state index in [4.69, 9.17) is 5.10 Å². The standard InChI is InChI=1S/C33H44N4O2/c1-4-37-31(20-29(34-37)19-25-11-7-5-8-12-25)27-15-17-35(18-16-27)21-28-22-36(32(24(2)3)33(38)39)23-30(28)26-13-9-6-10-14-26/h5-14,20,24,27-28,30,32H,4,15-19,21-23H2,1-3H3,(H,38,39)/t28-,30+,32+/m0/s1. The van der Waals surface area contributed by atoms with Crippen molar-refractivity contribution in [3.05, 3.63) is 89.2 Å². The quantitative estimate of drug-likeness (QED) is 0.377. The summed E-state index contributed by atoms with van der Waals surface area (Å²) in [6.07, 6.45) is 3.17. The zero-order chi connectivity index (χ0) is 27.4. The Morgan fingerprint density at radius 1 is 1.00 bits per heavy atom. The van der Waals surface area contributed by atoms with Crippen molar-refractivity contribution in [3.63, 3.8) is 0 Å². The van der Waals surface area contributed by atoms with Crippen molar-refractivity contribution >= 4 is 5.97 Å². The van der Waals surface area contributed by atoms with E-state index >= 15 is 0 Å². The fourth-order valence-electron chi connectivity index (χ4n) is 6.96. The minimum Gasteiger partial charge on any atom is -0.480 e. The van der Waals surface area contributed by atoms with Crippen molar-refractivity contribution in [2.24, 2.45) is 11.8 Å². The highest BCUT2D eigenvalue weighted by Crippen LogP contribution is 2.37. The third-order valence-corrected chi connectivity index (χ3v) is 8.86. The molecule has 0 amide bonds. The van der Waals surface area contributed by atoms with Crippen LogP contribution >= 0.6 is 0 Å². The molecular weight excluding hydrogens is 484 g/mol. The van der Waals surface area contributed by atoms with Gasteiger partial charge in [-0.25, -0.2) is 0 Å². The number of benzene rings is 2. The predicted octanol–water partition coefficient (Wildman–Crippen LogP) is 5.50. The fourth-order valence-corrected chi connectivity index (χ4v) is 6.96.